The van der Waals surface area contributed by atoms with Gasteiger partial charge in [-0.1, -0.05) is 29.3 Å². The van der Waals surface area contributed by atoms with Crippen molar-refractivity contribution in [3.63, 3.8) is 0 Å². The quantitative estimate of drug-likeness (QED) is 0.783. The fourth-order valence-corrected chi connectivity index (χ4v) is 2.29. The number of rotatable bonds is 4. The predicted molar refractivity (Wildman–Crippen MR) is 88.3 cm³/mol. The predicted octanol–water partition coefficient (Wildman–Crippen LogP) is 4.36. The molecule has 0 aliphatic heterocycles. The second-order valence-electron chi connectivity index (χ2n) is 4.34. The summed E-state index contributed by atoms with van der Waals surface area (Å²) in [7, 11) is 1.57. The highest BCUT2D eigenvalue weighted by Gasteiger charge is 2.05. The maximum atomic E-state index is 11.2. The lowest BCUT2D eigenvalue weighted by molar-refractivity contribution is 0.254. The number of amides is 2. The van der Waals surface area contributed by atoms with Crippen molar-refractivity contribution >= 4 is 40.6 Å². The Balaban J connectivity index is 1.99. The van der Waals surface area contributed by atoms with Gasteiger partial charge in [-0.3, -0.25) is 0 Å². The smallest absolute Gasteiger partial charge is 0.318 e. The Morgan fingerprint density at radius 1 is 1.00 bits per heavy atom. The van der Waals surface area contributed by atoms with Gasteiger partial charge < -0.3 is 16.0 Å². The van der Waals surface area contributed by atoms with Gasteiger partial charge in [0.25, 0.3) is 0 Å². The normalized spacial score (nSPS) is 10.0. The van der Waals surface area contributed by atoms with Crippen LogP contribution in [0.4, 0.5) is 16.2 Å². The molecule has 0 saturated carbocycles. The van der Waals surface area contributed by atoms with Gasteiger partial charge in [-0.15, -0.1) is 0 Å². The monoisotopic (exact) mass is 323 g/mol. The third kappa shape index (κ3) is 4.28. The molecular weight excluding hydrogens is 309 g/mol. The summed E-state index contributed by atoms with van der Waals surface area (Å²) in [6, 6.07) is 12.5. The molecule has 0 bridgehead atoms. The van der Waals surface area contributed by atoms with Crippen molar-refractivity contribution < 1.29 is 4.79 Å². The number of nitrogens with one attached hydrogen (secondary N) is 3. The number of hydrogen-bond acceptors (Lipinski definition) is 2. The standard InChI is InChI=1S/C15H15Cl2N3O/c1-18-15(21)20-11-7-5-10(6-8-11)19-9-12-13(16)3-2-4-14(12)17/h2-8,19H,9H2,1H3,(H2,18,20,21). The Morgan fingerprint density at radius 3 is 2.14 bits per heavy atom. The number of halogens is 2. The molecule has 0 aromatic heterocycles. The summed E-state index contributed by atoms with van der Waals surface area (Å²) in [5.41, 5.74) is 2.48. The van der Waals surface area contributed by atoms with E-state index in [4.69, 9.17) is 23.2 Å². The minimum absolute atomic E-state index is 0.251. The van der Waals surface area contributed by atoms with Crippen LogP contribution in [0.5, 0.6) is 0 Å². The molecule has 0 saturated heterocycles. The third-order valence-corrected chi connectivity index (χ3v) is 3.61. The molecule has 0 heterocycles. The van der Waals surface area contributed by atoms with Crippen LogP contribution in [0, 0.1) is 0 Å². The largest absolute Gasteiger partial charge is 0.381 e. The number of hydrogen-bond donors (Lipinski definition) is 3. The zero-order valence-corrected chi connectivity index (χ0v) is 12.9. The number of anilines is 2. The Morgan fingerprint density at radius 2 is 1.57 bits per heavy atom. The minimum atomic E-state index is -0.251. The SMILES string of the molecule is CNC(=O)Nc1ccc(NCc2c(Cl)cccc2Cl)cc1. The summed E-state index contributed by atoms with van der Waals surface area (Å²) >= 11 is 12.2. The van der Waals surface area contributed by atoms with Gasteiger partial charge in [0.15, 0.2) is 0 Å². The molecule has 6 heteroatoms. The molecule has 2 amide bonds. The first-order chi connectivity index (χ1) is 10.1. The molecule has 0 atom stereocenters. The van der Waals surface area contributed by atoms with Gasteiger partial charge in [0.1, 0.15) is 0 Å². The lowest BCUT2D eigenvalue weighted by atomic mass is 10.2. The molecule has 0 unspecified atom stereocenters. The van der Waals surface area contributed by atoms with Crippen molar-refractivity contribution in [2.75, 3.05) is 17.7 Å². The van der Waals surface area contributed by atoms with Crippen LogP contribution in [0.25, 0.3) is 0 Å². The fourth-order valence-electron chi connectivity index (χ4n) is 1.76. The van der Waals surface area contributed by atoms with Gasteiger partial charge in [-0.05, 0) is 36.4 Å². The van der Waals surface area contributed by atoms with Crippen LogP contribution in [0.2, 0.25) is 10.0 Å². The van der Waals surface area contributed by atoms with Gasteiger partial charge in [-0.2, -0.15) is 0 Å². The second kappa shape index (κ2) is 7.20. The second-order valence-corrected chi connectivity index (χ2v) is 5.15. The molecule has 2 aromatic rings. The van der Waals surface area contributed by atoms with E-state index in [2.05, 4.69) is 16.0 Å². The molecule has 0 fully saturated rings. The fraction of sp³-hybridized carbons (Fsp3) is 0.133. The molecule has 4 nitrogen and oxygen atoms in total. The number of urea groups is 1. The summed E-state index contributed by atoms with van der Waals surface area (Å²) in [5, 5.41) is 9.69. The highest BCUT2D eigenvalue weighted by molar-refractivity contribution is 6.36. The van der Waals surface area contributed by atoms with Crippen molar-refractivity contribution in [1.29, 1.82) is 0 Å². The Kier molecular flexibility index (Phi) is 5.31. The highest BCUT2D eigenvalue weighted by atomic mass is 35.5. The van der Waals surface area contributed by atoms with E-state index in [1.807, 2.05) is 30.3 Å². The minimum Gasteiger partial charge on any atom is -0.381 e. The van der Waals surface area contributed by atoms with Crippen LogP contribution in [0.15, 0.2) is 42.5 Å². The van der Waals surface area contributed by atoms with E-state index in [9.17, 15) is 4.79 Å². The maximum absolute atomic E-state index is 11.2. The lowest BCUT2D eigenvalue weighted by Crippen LogP contribution is -2.24. The van der Waals surface area contributed by atoms with E-state index in [-0.39, 0.29) is 6.03 Å². The summed E-state index contributed by atoms with van der Waals surface area (Å²) in [5.74, 6) is 0. The van der Waals surface area contributed by atoms with Crippen LogP contribution in [0.1, 0.15) is 5.56 Å². The molecule has 0 aliphatic carbocycles. The van der Waals surface area contributed by atoms with Crippen molar-refractivity contribution in [1.82, 2.24) is 5.32 Å². The van der Waals surface area contributed by atoms with Gasteiger partial charge >= 0.3 is 6.03 Å². The summed E-state index contributed by atoms with van der Waals surface area (Å²) < 4.78 is 0. The van der Waals surface area contributed by atoms with Gasteiger partial charge in [0.2, 0.25) is 0 Å². The number of carbonyl (C=O) groups is 1. The van der Waals surface area contributed by atoms with Crippen molar-refractivity contribution in [3.05, 3.63) is 58.1 Å². The van der Waals surface area contributed by atoms with Crippen molar-refractivity contribution in [3.8, 4) is 0 Å². The van der Waals surface area contributed by atoms with Crippen molar-refractivity contribution in [2.24, 2.45) is 0 Å². The van der Waals surface area contributed by atoms with E-state index in [0.29, 0.717) is 16.6 Å². The highest BCUT2D eigenvalue weighted by Crippen LogP contribution is 2.25. The van der Waals surface area contributed by atoms with Gasteiger partial charge in [-0.25, -0.2) is 4.79 Å². The summed E-state index contributed by atoms with van der Waals surface area (Å²) in [6.45, 7) is 0.529. The third-order valence-electron chi connectivity index (χ3n) is 2.90. The Labute approximate surface area is 133 Å². The number of benzene rings is 2. The molecule has 2 rings (SSSR count). The molecule has 110 valence electrons. The first-order valence-corrected chi connectivity index (χ1v) is 7.11. The first-order valence-electron chi connectivity index (χ1n) is 6.35. The van der Waals surface area contributed by atoms with Crippen LogP contribution >= 0.6 is 23.2 Å². The Hall–Kier alpha value is -1.91. The summed E-state index contributed by atoms with van der Waals surface area (Å²) in [4.78, 5) is 11.2. The first kappa shape index (κ1) is 15.5. The number of carbonyl (C=O) groups excluding carboxylic acids is 1. The zero-order valence-electron chi connectivity index (χ0n) is 11.4. The van der Waals surface area contributed by atoms with E-state index in [1.54, 1.807) is 19.2 Å². The molecule has 0 spiro atoms. The zero-order chi connectivity index (χ0) is 15.2. The van der Waals surface area contributed by atoms with Crippen LogP contribution in [-0.4, -0.2) is 13.1 Å². The van der Waals surface area contributed by atoms with E-state index in [1.165, 1.54) is 0 Å². The molecule has 21 heavy (non-hydrogen) atoms. The molecule has 2 aromatic carbocycles. The Bertz CT molecular complexity index is 609. The molecule has 0 radical (unpaired) electrons. The average Bonchev–Trinajstić information content (AvgIpc) is 2.48. The van der Waals surface area contributed by atoms with E-state index >= 15 is 0 Å². The van der Waals surface area contributed by atoms with Gasteiger partial charge in [0.05, 0.1) is 0 Å². The topological polar surface area (TPSA) is 53.2 Å². The average molecular weight is 324 g/mol. The molecule has 3 N–H and O–H groups in total. The van der Waals surface area contributed by atoms with Crippen molar-refractivity contribution in [2.45, 2.75) is 6.54 Å². The van der Waals surface area contributed by atoms with Crippen LogP contribution in [-0.2, 0) is 6.54 Å². The lowest BCUT2D eigenvalue weighted by Gasteiger charge is -2.11. The molecular formula is C15H15Cl2N3O. The molecule has 0 aliphatic rings. The van der Waals surface area contributed by atoms with Crippen LogP contribution < -0.4 is 16.0 Å². The van der Waals surface area contributed by atoms with Gasteiger partial charge in [0, 0.05) is 40.6 Å². The summed E-state index contributed by atoms with van der Waals surface area (Å²) in [6.07, 6.45) is 0. The maximum Gasteiger partial charge on any atom is 0.318 e. The van der Waals surface area contributed by atoms with E-state index in [0.717, 1.165) is 16.9 Å². The van der Waals surface area contributed by atoms with E-state index < -0.39 is 0 Å². The van der Waals surface area contributed by atoms with Crippen LogP contribution in [0.3, 0.4) is 0 Å².